The number of carbonyl (C=O) groups is 1. The van der Waals surface area contributed by atoms with Gasteiger partial charge >= 0.3 is 0 Å². The summed E-state index contributed by atoms with van der Waals surface area (Å²) in [4.78, 5) is 14.9. The monoisotopic (exact) mass is 363 g/mol. The van der Waals surface area contributed by atoms with Crippen LogP contribution < -0.4 is 9.62 Å². The van der Waals surface area contributed by atoms with Crippen LogP contribution in [0, 0.1) is 5.92 Å². The average Bonchev–Trinajstić information content (AvgIpc) is 3.24. The van der Waals surface area contributed by atoms with Gasteiger partial charge in [0.15, 0.2) is 0 Å². The minimum atomic E-state index is -3.17. The smallest absolute Gasteiger partial charge is 0.251 e. The van der Waals surface area contributed by atoms with Gasteiger partial charge in [-0.05, 0) is 62.4 Å². The van der Waals surface area contributed by atoms with Crippen molar-refractivity contribution in [3.8, 4) is 0 Å². The lowest BCUT2D eigenvalue weighted by Gasteiger charge is -2.17. The highest BCUT2D eigenvalue weighted by atomic mass is 32.2. The minimum absolute atomic E-state index is 0.0827. The molecule has 3 aliphatic rings. The average molecular weight is 363 g/mol. The minimum Gasteiger partial charge on any atom is -0.352 e. The topological polar surface area (TPSA) is 69.7 Å². The molecular formula is C18H25N3O3S. The van der Waals surface area contributed by atoms with Crippen molar-refractivity contribution < 1.29 is 13.2 Å². The van der Waals surface area contributed by atoms with E-state index in [4.69, 9.17) is 0 Å². The Kier molecular flexibility index (Phi) is 4.45. The maximum Gasteiger partial charge on any atom is 0.251 e. The van der Waals surface area contributed by atoms with Crippen LogP contribution in [0.15, 0.2) is 24.3 Å². The summed E-state index contributed by atoms with van der Waals surface area (Å²) in [7, 11) is -3.17. The van der Waals surface area contributed by atoms with Crippen LogP contribution in [-0.2, 0) is 10.0 Å². The van der Waals surface area contributed by atoms with E-state index in [0.29, 0.717) is 36.7 Å². The number of likely N-dealkylation sites (tertiary alicyclic amines) is 1. The van der Waals surface area contributed by atoms with Gasteiger partial charge in [0.05, 0.1) is 11.4 Å². The first-order chi connectivity index (χ1) is 12.0. The maximum atomic E-state index is 12.3. The van der Waals surface area contributed by atoms with Crippen molar-refractivity contribution in [3.63, 3.8) is 0 Å². The van der Waals surface area contributed by atoms with Crippen molar-refractivity contribution in [1.29, 1.82) is 0 Å². The number of sulfonamides is 1. The Balaban J connectivity index is 1.31. The van der Waals surface area contributed by atoms with Crippen LogP contribution in [0.5, 0.6) is 0 Å². The lowest BCUT2D eigenvalue weighted by Crippen LogP contribution is -2.31. The van der Waals surface area contributed by atoms with Crippen molar-refractivity contribution in [2.24, 2.45) is 5.92 Å². The molecule has 1 atom stereocenters. The number of hydrogen-bond donors (Lipinski definition) is 1. The van der Waals surface area contributed by atoms with Crippen molar-refractivity contribution in [2.75, 3.05) is 36.2 Å². The number of benzene rings is 1. The lowest BCUT2D eigenvalue weighted by molar-refractivity contribution is 0.0947. The van der Waals surface area contributed by atoms with Crippen LogP contribution in [-0.4, -0.2) is 57.2 Å². The SMILES string of the molecule is O=C(NCC1CCN(C2CC2)C1)c1ccc(N2CCCS2(=O)=O)cc1. The third kappa shape index (κ3) is 3.67. The fourth-order valence-electron chi connectivity index (χ4n) is 3.85. The highest BCUT2D eigenvalue weighted by Crippen LogP contribution is 2.31. The Morgan fingerprint density at radius 2 is 1.88 bits per heavy atom. The van der Waals surface area contributed by atoms with Gasteiger partial charge in [0.2, 0.25) is 10.0 Å². The van der Waals surface area contributed by atoms with E-state index >= 15 is 0 Å². The maximum absolute atomic E-state index is 12.3. The van der Waals surface area contributed by atoms with E-state index in [1.54, 1.807) is 24.3 Å². The number of rotatable bonds is 5. The number of amides is 1. The number of nitrogens with zero attached hydrogens (tertiary/aromatic N) is 2. The number of nitrogens with one attached hydrogen (secondary N) is 1. The zero-order valence-electron chi connectivity index (χ0n) is 14.4. The molecule has 1 unspecified atom stereocenters. The van der Waals surface area contributed by atoms with E-state index in [9.17, 15) is 13.2 Å². The molecule has 1 aliphatic carbocycles. The Hall–Kier alpha value is -1.60. The molecule has 3 fully saturated rings. The molecule has 25 heavy (non-hydrogen) atoms. The zero-order valence-corrected chi connectivity index (χ0v) is 15.2. The lowest BCUT2D eigenvalue weighted by atomic mass is 10.1. The van der Waals surface area contributed by atoms with Crippen LogP contribution in [0.1, 0.15) is 36.0 Å². The van der Waals surface area contributed by atoms with Crippen LogP contribution in [0.4, 0.5) is 5.69 Å². The van der Waals surface area contributed by atoms with Gasteiger partial charge < -0.3 is 10.2 Å². The molecule has 0 radical (unpaired) electrons. The molecule has 6 nitrogen and oxygen atoms in total. The highest BCUT2D eigenvalue weighted by Gasteiger charge is 2.34. The van der Waals surface area contributed by atoms with Gasteiger partial charge in [0, 0.05) is 31.2 Å². The fraction of sp³-hybridized carbons (Fsp3) is 0.611. The Labute approximate surface area is 149 Å². The second-order valence-corrected chi connectivity index (χ2v) is 9.39. The van der Waals surface area contributed by atoms with E-state index in [-0.39, 0.29) is 11.7 Å². The molecule has 136 valence electrons. The largest absolute Gasteiger partial charge is 0.352 e. The third-order valence-electron chi connectivity index (χ3n) is 5.45. The van der Waals surface area contributed by atoms with Gasteiger partial charge in [-0.2, -0.15) is 0 Å². The van der Waals surface area contributed by atoms with E-state index < -0.39 is 10.0 Å². The molecule has 2 heterocycles. The number of carbonyl (C=O) groups excluding carboxylic acids is 1. The van der Waals surface area contributed by atoms with E-state index in [0.717, 1.165) is 25.6 Å². The van der Waals surface area contributed by atoms with E-state index in [1.165, 1.54) is 17.1 Å². The summed E-state index contributed by atoms with van der Waals surface area (Å²) in [5.41, 5.74) is 1.22. The molecule has 0 spiro atoms. The second kappa shape index (κ2) is 6.61. The molecule has 1 amide bonds. The fourth-order valence-corrected chi connectivity index (χ4v) is 5.41. The quantitative estimate of drug-likeness (QED) is 0.859. The number of hydrogen-bond acceptors (Lipinski definition) is 4. The molecule has 0 bridgehead atoms. The van der Waals surface area contributed by atoms with Gasteiger partial charge in [-0.3, -0.25) is 9.10 Å². The highest BCUT2D eigenvalue weighted by molar-refractivity contribution is 7.93. The third-order valence-corrected chi connectivity index (χ3v) is 7.32. The standard InChI is InChI=1S/C18H25N3O3S/c22-18(19-12-14-8-10-20(13-14)16-6-7-16)15-2-4-17(5-3-15)21-9-1-11-25(21,23)24/h2-5,14,16H,1,6-13H2,(H,19,22). The van der Waals surface area contributed by atoms with Gasteiger partial charge in [-0.25, -0.2) is 8.42 Å². The zero-order chi connectivity index (χ0) is 17.4. The van der Waals surface area contributed by atoms with Gasteiger partial charge in [0.1, 0.15) is 0 Å². The predicted molar refractivity (Wildman–Crippen MR) is 97.2 cm³/mol. The molecule has 2 aliphatic heterocycles. The van der Waals surface area contributed by atoms with Gasteiger partial charge in [-0.1, -0.05) is 0 Å². The molecule has 1 N–H and O–H groups in total. The molecule has 7 heteroatoms. The van der Waals surface area contributed by atoms with Crippen molar-refractivity contribution in [2.45, 2.75) is 31.7 Å². The Morgan fingerprint density at radius 1 is 1.12 bits per heavy atom. The van der Waals surface area contributed by atoms with Gasteiger partial charge in [0.25, 0.3) is 5.91 Å². The summed E-state index contributed by atoms with van der Waals surface area (Å²) in [5, 5.41) is 3.03. The molecule has 1 saturated carbocycles. The summed E-state index contributed by atoms with van der Waals surface area (Å²) in [6.07, 6.45) is 4.47. The van der Waals surface area contributed by atoms with Crippen molar-refractivity contribution in [3.05, 3.63) is 29.8 Å². The molecule has 2 saturated heterocycles. The summed E-state index contributed by atoms with van der Waals surface area (Å²) >= 11 is 0. The second-order valence-electron chi connectivity index (χ2n) is 7.38. The molecule has 1 aromatic rings. The normalized spacial score (nSPS) is 26.1. The predicted octanol–water partition coefficient (Wildman–Crippen LogP) is 1.44. The van der Waals surface area contributed by atoms with E-state index in [2.05, 4.69) is 10.2 Å². The van der Waals surface area contributed by atoms with Crippen LogP contribution >= 0.6 is 0 Å². The molecule has 0 aromatic heterocycles. The van der Waals surface area contributed by atoms with E-state index in [1.807, 2.05) is 0 Å². The number of anilines is 1. The first kappa shape index (κ1) is 16.8. The first-order valence-corrected chi connectivity index (χ1v) is 10.8. The molecule has 1 aromatic carbocycles. The van der Waals surface area contributed by atoms with Crippen molar-refractivity contribution in [1.82, 2.24) is 10.2 Å². The van der Waals surface area contributed by atoms with Crippen molar-refractivity contribution >= 4 is 21.6 Å². The summed E-state index contributed by atoms with van der Waals surface area (Å²) < 4.78 is 25.3. The van der Waals surface area contributed by atoms with Gasteiger partial charge in [-0.15, -0.1) is 0 Å². The summed E-state index contributed by atoms with van der Waals surface area (Å²) in [5.74, 6) is 0.661. The van der Waals surface area contributed by atoms with Crippen LogP contribution in [0.2, 0.25) is 0 Å². The molecule has 4 rings (SSSR count). The van der Waals surface area contributed by atoms with Crippen LogP contribution in [0.25, 0.3) is 0 Å². The Bertz CT molecular complexity index is 743. The summed E-state index contributed by atoms with van der Waals surface area (Å²) in [6, 6.07) is 7.67. The van der Waals surface area contributed by atoms with Crippen LogP contribution in [0.3, 0.4) is 0 Å². The molecular weight excluding hydrogens is 338 g/mol. The first-order valence-electron chi connectivity index (χ1n) is 9.16. The summed E-state index contributed by atoms with van der Waals surface area (Å²) in [6.45, 7) is 3.48. The Morgan fingerprint density at radius 3 is 2.52 bits per heavy atom.